The Bertz CT molecular complexity index is 835. The minimum atomic E-state index is -3.71. The van der Waals surface area contributed by atoms with Gasteiger partial charge in [-0.05, 0) is 58.2 Å². The van der Waals surface area contributed by atoms with E-state index < -0.39 is 10.0 Å². The highest BCUT2D eigenvalue weighted by molar-refractivity contribution is 9.10. The van der Waals surface area contributed by atoms with E-state index in [2.05, 4.69) is 31.0 Å². The van der Waals surface area contributed by atoms with Crippen LogP contribution in [0.1, 0.15) is 12.0 Å². The van der Waals surface area contributed by atoms with Gasteiger partial charge in [-0.1, -0.05) is 0 Å². The molecule has 0 bridgehead atoms. The molecule has 2 aromatic rings. The maximum Gasteiger partial charge on any atom is 0.263 e. The topological polar surface area (TPSA) is 88.2 Å². The Balaban J connectivity index is 1.89. The van der Waals surface area contributed by atoms with E-state index in [0.29, 0.717) is 18.5 Å². The largest absolute Gasteiger partial charge is 0.326 e. The zero-order valence-electron chi connectivity index (χ0n) is 11.3. The number of hydrogen-bond donors (Lipinski definition) is 2. The van der Waals surface area contributed by atoms with Crippen LogP contribution in [0.2, 0.25) is 0 Å². The highest BCUT2D eigenvalue weighted by Gasteiger charge is 2.20. The van der Waals surface area contributed by atoms with Gasteiger partial charge < -0.3 is 5.32 Å². The number of aryl methyl sites for hydroxylation is 1. The number of rotatable bonds is 3. The summed E-state index contributed by atoms with van der Waals surface area (Å²) < 4.78 is 28.0. The standard InChI is InChI=1S/C14H12BrN3O3S/c15-10-2-5-13(16-8-10)18-22(20,21)11-3-4-12-9(7-11)1-6-14(19)17-12/h2-5,7-8H,1,6H2,(H,16,18)(H,17,19). The first-order valence-electron chi connectivity index (χ1n) is 6.51. The fourth-order valence-corrected chi connectivity index (χ4v) is 3.45. The lowest BCUT2D eigenvalue weighted by Crippen LogP contribution is -2.20. The molecule has 3 rings (SSSR count). The number of sulfonamides is 1. The molecular weight excluding hydrogens is 370 g/mol. The first-order chi connectivity index (χ1) is 10.4. The molecule has 2 heterocycles. The second-order valence-corrected chi connectivity index (χ2v) is 7.43. The summed E-state index contributed by atoms with van der Waals surface area (Å²) in [5.41, 5.74) is 1.48. The smallest absolute Gasteiger partial charge is 0.263 e. The molecule has 0 saturated heterocycles. The lowest BCUT2D eigenvalue weighted by atomic mass is 10.0. The Labute approximate surface area is 136 Å². The van der Waals surface area contributed by atoms with Gasteiger partial charge in [0.05, 0.1) is 4.90 Å². The predicted octanol–water partition coefficient (Wildman–Crippen LogP) is 2.53. The number of aromatic nitrogens is 1. The van der Waals surface area contributed by atoms with E-state index in [9.17, 15) is 13.2 Å². The van der Waals surface area contributed by atoms with Crippen molar-refractivity contribution >= 4 is 43.4 Å². The minimum absolute atomic E-state index is 0.0553. The van der Waals surface area contributed by atoms with Gasteiger partial charge in [-0.2, -0.15) is 0 Å². The van der Waals surface area contributed by atoms with Gasteiger partial charge in [0.1, 0.15) is 5.82 Å². The third kappa shape index (κ3) is 3.12. The van der Waals surface area contributed by atoms with Crippen molar-refractivity contribution < 1.29 is 13.2 Å². The molecular formula is C14H12BrN3O3S. The average Bonchev–Trinajstić information content (AvgIpc) is 2.49. The van der Waals surface area contributed by atoms with Crippen molar-refractivity contribution in [2.24, 2.45) is 0 Å². The van der Waals surface area contributed by atoms with Gasteiger partial charge in [-0.3, -0.25) is 9.52 Å². The van der Waals surface area contributed by atoms with Crippen molar-refractivity contribution in [1.82, 2.24) is 4.98 Å². The second kappa shape index (κ2) is 5.69. The fraction of sp³-hybridized carbons (Fsp3) is 0.143. The van der Waals surface area contributed by atoms with Gasteiger partial charge in [-0.25, -0.2) is 13.4 Å². The molecule has 2 N–H and O–H groups in total. The van der Waals surface area contributed by atoms with Gasteiger partial charge >= 0.3 is 0 Å². The summed E-state index contributed by atoms with van der Waals surface area (Å²) >= 11 is 3.24. The zero-order chi connectivity index (χ0) is 15.7. The van der Waals surface area contributed by atoms with Crippen LogP contribution >= 0.6 is 15.9 Å². The van der Waals surface area contributed by atoms with Crippen molar-refractivity contribution in [3.63, 3.8) is 0 Å². The maximum atomic E-state index is 12.4. The van der Waals surface area contributed by atoms with Gasteiger partial charge in [0.2, 0.25) is 5.91 Å². The quantitative estimate of drug-likeness (QED) is 0.854. The Kier molecular flexibility index (Phi) is 3.88. The normalized spacial score (nSPS) is 14.1. The summed E-state index contributed by atoms with van der Waals surface area (Å²) in [4.78, 5) is 15.5. The SMILES string of the molecule is O=C1CCc2cc(S(=O)(=O)Nc3ccc(Br)cn3)ccc2N1. The molecule has 0 aliphatic carbocycles. The molecule has 0 fully saturated rings. The number of nitrogens with one attached hydrogen (secondary N) is 2. The number of nitrogens with zero attached hydrogens (tertiary/aromatic N) is 1. The van der Waals surface area contributed by atoms with Gasteiger partial charge in [0.15, 0.2) is 0 Å². The average molecular weight is 382 g/mol. The van der Waals surface area contributed by atoms with Crippen LogP contribution < -0.4 is 10.0 Å². The lowest BCUT2D eigenvalue weighted by molar-refractivity contribution is -0.116. The summed E-state index contributed by atoms with van der Waals surface area (Å²) in [5, 5.41) is 2.72. The van der Waals surface area contributed by atoms with Crippen molar-refractivity contribution in [2.75, 3.05) is 10.0 Å². The van der Waals surface area contributed by atoms with Crippen LogP contribution in [0.4, 0.5) is 11.5 Å². The second-order valence-electron chi connectivity index (χ2n) is 4.83. The molecule has 6 nitrogen and oxygen atoms in total. The van der Waals surface area contributed by atoms with Gasteiger partial charge in [0.25, 0.3) is 10.0 Å². The molecule has 1 aromatic heterocycles. The number of carbonyl (C=O) groups excluding carboxylic acids is 1. The zero-order valence-corrected chi connectivity index (χ0v) is 13.7. The molecule has 0 saturated carbocycles. The van der Waals surface area contributed by atoms with E-state index in [4.69, 9.17) is 0 Å². The van der Waals surface area contributed by atoms with E-state index in [1.807, 2.05) is 0 Å². The fourth-order valence-electron chi connectivity index (χ4n) is 2.16. The van der Waals surface area contributed by atoms with E-state index in [1.165, 1.54) is 12.3 Å². The number of anilines is 2. The monoisotopic (exact) mass is 381 g/mol. The Morgan fingerprint density at radius 2 is 2.00 bits per heavy atom. The summed E-state index contributed by atoms with van der Waals surface area (Å²) in [5.74, 6) is 0.189. The Hall–Kier alpha value is -1.93. The molecule has 114 valence electrons. The first-order valence-corrected chi connectivity index (χ1v) is 8.79. The Morgan fingerprint density at radius 3 is 2.73 bits per heavy atom. The highest BCUT2D eigenvalue weighted by atomic mass is 79.9. The number of halogens is 1. The lowest BCUT2D eigenvalue weighted by Gasteiger charge is -2.17. The molecule has 1 amide bonds. The van der Waals surface area contributed by atoms with E-state index >= 15 is 0 Å². The summed E-state index contributed by atoms with van der Waals surface area (Å²) in [6.45, 7) is 0. The van der Waals surface area contributed by atoms with Crippen LogP contribution in [0.25, 0.3) is 0 Å². The van der Waals surface area contributed by atoms with Gasteiger partial charge in [0, 0.05) is 22.8 Å². The van der Waals surface area contributed by atoms with Gasteiger partial charge in [-0.15, -0.1) is 0 Å². The summed E-state index contributed by atoms with van der Waals surface area (Å²) in [6, 6.07) is 7.92. The summed E-state index contributed by atoms with van der Waals surface area (Å²) in [6.07, 6.45) is 2.40. The molecule has 0 radical (unpaired) electrons. The third-order valence-corrected chi connectivity index (χ3v) is 5.07. The van der Waals surface area contributed by atoms with Crippen LogP contribution in [0, 0.1) is 0 Å². The van der Waals surface area contributed by atoms with E-state index in [1.54, 1.807) is 24.3 Å². The number of carbonyl (C=O) groups is 1. The van der Waals surface area contributed by atoms with Crippen LogP contribution in [-0.2, 0) is 21.2 Å². The predicted molar refractivity (Wildman–Crippen MR) is 86.1 cm³/mol. The Morgan fingerprint density at radius 1 is 1.18 bits per heavy atom. The molecule has 22 heavy (non-hydrogen) atoms. The molecule has 1 aliphatic heterocycles. The number of hydrogen-bond acceptors (Lipinski definition) is 4. The molecule has 1 aliphatic rings. The molecule has 8 heteroatoms. The van der Waals surface area contributed by atoms with Crippen LogP contribution in [0.5, 0.6) is 0 Å². The molecule has 0 atom stereocenters. The van der Waals surface area contributed by atoms with Crippen molar-refractivity contribution in [1.29, 1.82) is 0 Å². The number of benzene rings is 1. The van der Waals surface area contributed by atoms with Crippen LogP contribution in [-0.4, -0.2) is 19.3 Å². The molecule has 1 aromatic carbocycles. The third-order valence-electron chi connectivity index (χ3n) is 3.25. The molecule has 0 unspecified atom stereocenters. The van der Waals surface area contributed by atoms with Crippen LogP contribution in [0.15, 0.2) is 45.9 Å². The van der Waals surface area contributed by atoms with Crippen molar-refractivity contribution in [3.05, 3.63) is 46.6 Å². The van der Waals surface area contributed by atoms with Crippen LogP contribution in [0.3, 0.4) is 0 Å². The highest BCUT2D eigenvalue weighted by Crippen LogP contribution is 2.26. The van der Waals surface area contributed by atoms with Crippen molar-refractivity contribution in [2.45, 2.75) is 17.7 Å². The minimum Gasteiger partial charge on any atom is -0.326 e. The van der Waals surface area contributed by atoms with E-state index in [0.717, 1.165) is 10.0 Å². The number of fused-ring (bicyclic) bond motifs is 1. The van der Waals surface area contributed by atoms with Crippen molar-refractivity contribution in [3.8, 4) is 0 Å². The van der Waals surface area contributed by atoms with E-state index in [-0.39, 0.29) is 16.6 Å². The number of pyridine rings is 1. The number of amides is 1. The first kappa shape index (κ1) is 15.0. The maximum absolute atomic E-state index is 12.4. The molecule has 0 spiro atoms. The summed E-state index contributed by atoms with van der Waals surface area (Å²) in [7, 11) is -3.71.